The van der Waals surface area contributed by atoms with Gasteiger partial charge in [0, 0.05) is 24.6 Å². The number of carbonyl (C=O) groups is 1. The van der Waals surface area contributed by atoms with Crippen LogP contribution in [0.2, 0.25) is 10.2 Å². The summed E-state index contributed by atoms with van der Waals surface area (Å²) in [5.74, 6) is -0.245. The van der Waals surface area contributed by atoms with Gasteiger partial charge in [-0.15, -0.1) is 0 Å². The number of aromatic nitrogens is 3. The summed E-state index contributed by atoms with van der Waals surface area (Å²) in [6, 6.07) is 3.26. The van der Waals surface area contributed by atoms with Crippen LogP contribution < -0.4 is 5.32 Å². The summed E-state index contributed by atoms with van der Waals surface area (Å²) >= 11 is 11.5. The van der Waals surface area contributed by atoms with E-state index in [4.69, 9.17) is 23.2 Å². The molecular weight excluding hydrogens is 287 g/mol. The predicted molar refractivity (Wildman–Crippen MR) is 73.4 cm³/mol. The van der Waals surface area contributed by atoms with Gasteiger partial charge < -0.3 is 5.32 Å². The van der Waals surface area contributed by atoms with Gasteiger partial charge in [0.25, 0.3) is 5.91 Å². The monoisotopic (exact) mass is 298 g/mol. The predicted octanol–water partition coefficient (Wildman–Crippen LogP) is 2.40. The zero-order chi connectivity index (χ0) is 13.8. The molecule has 0 aromatic carbocycles. The highest BCUT2D eigenvalue weighted by Gasteiger charge is 2.12. The minimum absolute atomic E-state index is 0.0677. The maximum atomic E-state index is 12.0. The molecule has 0 spiro atoms. The van der Waals surface area contributed by atoms with Gasteiger partial charge in [-0.05, 0) is 19.1 Å². The number of rotatable bonds is 4. The summed E-state index contributed by atoms with van der Waals surface area (Å²) in [4.78, 5) is 15.8. The van der Waals surface area contributed by atoms with Crippen molar-refractivity contribution in [2.45, 2.75) is 19.5 Å². The summed E-state index contributed by atoms with van der Waals surface area (Å²) in [6.45, 7) is 2.48. The molecule has 0 aliphatic heterocycles. The number of halogens is 2. The number of carbonyl (C=O) groups excluding carboxylic acids is 1. The largest absolute Gasteiger partial charge is 0.348 e. The van der Waals surface area contributed by atoms with Crippen LogP contribution in [0.3, 0.4) is 0 Å². The lowest BCUT2D eigenvalue weighted by molar-refractivity contribution is 0.0935. The summed E-state index contributed by atoms with van der Waals surface area (Å²) < 4.78 is 1.75. The maximum Gasteiger partial charge on any atom is 0.253 e. The van der Waals surface area contributed by atoms with Crippen molar-refractivity contribution >= 4 is 29.1 Å². The highest BCUT2D eigenvalue weighted by molar-refractivity contribution is 6.41. The van der Waals surface area contributed by atoms with Crippen molar-refractivity contribution in [1.82, 2.24) is 20.1 Å². The molecule has 1 N–H and O–H groups in total. The van der Waals surface area contributed by atoms with E-state index in [-0.39, 0.29) is 22.1 Å². The van der Waals surface area contributed by atoms with Crippen molar-refractivity contribution in [2.24, 2.45) is 0 Å². The Hall–Kier alpha value is -1.59. The van der Waals surface area contributed by atoms with E-state index in [1.54, 1.807) is 10.9 Å². The molecule has 7 heteroatoms. The van der Waals surface area contributed by atoms with Gasteiger partial charge in [-0.25, -0.2) is 4.98 Å². The lowest BCUT2D eigenvalue weighted by atomic mass is 10.2. The van der Waals surface area contributed by atoms with Crippen molar-refractivity contribution in [2.75, 3.05) is 0 Å². The van der Waals surface area contributed by atoms with Gasteiger partial charge >= 0.3 is 0 Å². The molecule has 2 rings (SSSR count). The third kappa shape index (κ3) is 3.68. The molecule has 19 heavy (non-hydrogen) atoms. The normalized spacial score (nSPS) is 12.2. The topological polar surface area (TPSA) is 59.8 Å². The highest BCUT2D eigenvalue weighted by Crippen LogP contribution is 2.19. The van der Waals surface area contributed by atoms with Crippen molar-refractivity contribution in [3.63, 3.8) is 0 Å². The van der Waals surface area contributed by atoms with Crippen LogP contribution in [0.1, 0.15) is 17.3 Å². The third-order valence-corrected chi connectivity index (χ3v) is 3.14. The molecule has 0 fully saturated rings. The van der Waals surface area contributed by atoms with E-state index >= 15 is 0 Å². The third-order valence-electron chi connectivity index (χ3n) is 2.46. The molecule has 1 unspecified atom stereocenters. The van der Waals surface area contributed by atoms with Gasteiger partial charge in [0.1, 0.15) is 5.15 Å². The Morgan fingerprint density at radius 1 is 1.53 bits per heavy atom. The van der Waals surface area contributed by atoms with E-state index in [1.165, 1.54) is 12.3 Å². The van der Waals surface area contributed by atoms with E-state index in [2.05, 4.69) is 15.4 Å². The zero-order valence-electron chi connectivity index (χ0n) is 10.2. The van der Waals surface area contributed by atoms with Crippen LogP contribution in [-0.2, 0) is 6.54 Å². The Morgan fingerprint density at radius 2 is 2.32 bits per heavy atom. The second kappa shape index (κ2) is 6.04. The smallest absolute Gasteiger partial charge is 0.253 e. The summed E-state index contributed by atoms with van der Waals surface area (Å²) in [5.41, 5.74) is 0.377. The second-order valence-corrected chi connectivity index (χ2v) is 4.86. The van der Waals surface area contributed by atoms with E-state index in [9.17, 15) is 4.79 Å². The summed E-state index contributed by atoms with van der Waals surface area (Å²) in [6.07, 6.45) is 4.92. The van der Waals surface area contributed by atoms with Crippen molar-refractivity contribution in [3.8, 4) is 0 Å². The van der Waals surface area contributed by atoms with Gasteiger partial charge in [0.15, 0.2) is 0 Å². The Kier molecular flexibility index (Phi) is 4.39. The van der Waals surface area contributed by atoms with Crippen LogP contribution in [0.4, 0.5) is 0 Å². The maximum absolute atomic E-state index is 12.0. The molecule has 0 saturated heterocycles. The van der Waals surface area contributed by atoms with Crippen LogP contribution in [0.15, 0.2) is 30.7 Å². The van der Waals surface area contributed by atoms with Gasteiger partial charge in [0.05, 0.1) is 17.1 Å². The molecule has 5 nitrogen and oxygen atoms in total. The van der Waals surface area contributed by atoms with E-state index in [0.717, 1.165) is 0 Å². The van der Waals surface area contributed by atoms with Crippen molar-refractivity contribution < 1.29 is 4.79 Å². The minimum atomic E-state index is -0.245. The van der Waals surface area contributed by atoms with Gasteiger partial charge in [-0.3, -0.25) is 9.48 Å². The minimum Gasteiger partial charge on any atom is -0.348 e. The fourth-order valence-electron chi connectivity index (χ4n) is 1.59. The van der Waals surface area contributed by atoms with E-state index < -0.39 is 0 Å². The molecule has 2 aromatic rings. The average molecular weight is 299 g/mol. The molecule has 2 heterocycles. The number of hydrogen-bond donors (Lipinski definition) is 1. The first-order chi connectivity index (χ1) is 9.06. The SMILES string of the molecule is CC(Cn1cccn1)NC(=O)c1cnc(Cl)c(Cl)c1. The first-order valence-corrected chi connectivity index (χ1v) is 6.41. The number of nitrogens with one attached hydrogen (secondary N) is 1. The number of nitrogens with zero attached hydrogens (tertiary/aromatic N) is 3. The first-order valence-electron chi connectivity index (χ1n) is 5.65. The van der Waals surface area contributed by atoms with Crippen LogP contribution >= 0.6 is 23.2 Å². The highest BCUT2D eigenvalue weighted by atomic mass is 35.5. The molecule has 100 valence electrons. The molecule has 2 aromatic heterocycles. The van der Waals surface area contributed by atoms with E-state index in [0.29, 0.717) is 12.1 Å². The Balaban J connectivity index is 1.98. The van der Waals surface area contributed by atoms with Gasteiger partial charge in [-0.2, -0.15) is 5.10 Å². The Labute approximate surface area is 120 Å². The summed E-state index contributed by atoms with van der Waals surface area (Å²) in [7, 11) is 0. The van der Waals surface area contributed by atoms with Gasteiger partial charge in [0.2, 0.25) is 0 Å². The number of hydrogen-bond acceptors (Lipinski definition) is 3. The fourth-order valence-corrected chi connectivity index (χ4v) is 1.86. The lowest BCUT2D eigenvalue weighted by Gasteiger charge is -2.14. The Morgan fingerprint density at radius 3 is 2.95 bits per heavy atom. The molecule has 1 amide bonds. The van der Waals surface area contributed by atoms with Crippen LogP contribution in [-0.4, -0.2) is 26.7 Å². The molecular formula is C12H12Cl2N4O. The molecule has 1 atom stereocenters. The van der Waals surface area contributed by atoms with E-state index in [1.807, 2.05) is 19.2 Å². The first kappa shape index (κ1) is 13.8. The molecule has 0 aliphatic carbocycles. The molecule has 0 saturated carbocycles. The number of pyridine rings is 1. The fraction of sp³-hybridized carbons (Fsp3) is 0.250. The van der Waals surface area contributed by atoms with Crippen LogP contribution in [0.25, 0.3) is 0 Å². The number of amides is 1. The second-order valence-electron chi connectivity index (χ2n) is 4.10. The van der Waals surface area contributed by atoms with Crippen molar-refractivity contribution in [1.29, 1.82) is 0 Å². The summed E-state index contributed by atoms with van der Waals surface area (Å²) in [5, 5.41) is 7.36. The molecule has 0 bridgehead atoms. The lowest BCUT2D eigenvalue weighted by Crippen LogP contribution is -2.35. The van der Waals surface area contributed by atoms with Crippen molar-refractivity contribution in [3.05, 3.63) is 46.5 Å². The zero-order valence-corrected chi connectivity index (χ0v) is 11.7. The van der Waals surface area contributed by atoms with Gasteiger partial charge in [-0.1, -0.05) is 23.2 Å². The van der Waals surface area contributed by atoms with Crippen LogP contribution in [0.5, 0.6) is 0 Å². The standard InChI is InChI=1S/C12H12Cl2N4O/c1-8(7-18-4-2-3-16-18)17-12(19)9-5-10(13)11(14)15-6-9/h2-6,8H,7H2,1H3,(H,17,19). The van der Waals surface area contributed by atoms with Crippen LogP contribution in [0, 0.1) is 0 Å². The molecule has 0 radical (unpaired) electrons. The average Bonchev–Trinajstić information content (AvgIpc) is 2.85. The quantitative estimate of drug-likeness (QED) is 0.882. The Bertz CT molecular complexity index is 571. The molecule has 0 aliphatic rings.